The lowest BCUT2D eigenvalue weighted by molar-refractivity contribution is -0.0702. The van der Waals surface area contributed by atoms with E-state index in [1.54, 1.807) is 0 Å². The van der Waals surface area contributed by atoms with E-state index >= 15 is 0 Å². The topological polar surface area (TPSA) is 24.5 Å². The highest BCUT2D eigenvalue weighted by Crippen LogP contribution is 2.20. The molecular formula is C16H28N2OS. The zero-order valence-electron chi connectivity index (χ0n) is 13.2. The van der Waals surface area contributed by atoms with Crippen LogP contribution in [0.4, 0.5) is 0 Å². The summed E-state index contributed by atoms with van der Waals surface area (Å²) in [7, 11) is 0. The second-order valence-electron chi connectivity index (χ2n) is 6.34. The molecule has 1 aromatic rings. The molecule has 4 heteroatoms. The third-order valence-corrected chi connectivity index (χ3v) is 4.51. The van der Waals surface area contributed by atoms with Gasteiger partial charge in [0.25, 0.3) is 0 Å². The van der Waals surface area contributed by atoms with Crippen LogP contribution in [0.25, 0.3) is 0 Å². The van der Waals surface area contributed by atoms with Gasteiger partial charge in [0.2, 0.25) is 0 Å². The Kier molecular flexibility index (Phi) is 6.02. The van der Waals surface area contributed by atoms with Crippen LogP contribution in [-0.2, 0) is 17.8 Å². The summed E-state index contributed by atoms with van der Waals surface area (Å²) < 4.78 is 5.79. The number of thiophene rings is 1. The van der Waals surface area contributed by atoms with Gasteiger partial charge >= 0.3 is 0 Å². The highest BCUT2D eigenvalue weighted by molar-refractivity contribution is 7.11. The largest absolute Gasteiger partial charge is 0.373 e. The molecule has 1 N–H and O–H groups in total. The number of hydrogen-bond acceptors (Lipinski definition) is 4. The first-order valence-electron chi connectivity index (χ1n) is 7.69. The van der Waals surface area contributed by atoms with E-state index in [4.69, 9.17) is 4.74 Å². The molecule has 0 spiro atoms. The van der Waals surface area contributed by atoms with Crippen molar-refractivity contribution >= 4 is 11.3 Å². The molecule has 1 fully saturated rings. The molecule has 2 unspecified atom stereocenters. The van der Waals surface area contributed by atoms with Crippen molar-refractivity contribution in [3.63, 3.8) is 0 Å². The predicted molar refractivity (Wildman–Crippen MR) is 86.1 cm³/mol. The average molecular weight is 296 g/mol. The smallest absolute Gasteiger partial charge is 0.0678 e. The van der Waals surface area contributed by atoms with Gasteiger partial charge in [-0.05, 0) is 38.4 Å². The molecule has 1 aliphatic heterocycles. The summed E-state index contributed by atoms with van der Waals surface area (Å²) in [6.45, 7) is 14.1. The van der Waals surface area contributed by atoms with E-state index in [0.717, 1.165) is 32.7 Å². The molecule has 20 heavy (non-hydrogen) atoms. The molecule has 0 aromatic carbocycles. The minimum Gasteiger partial charge on any atom is -0.373 e. The van der Waals surface area contributed by atoms with E-state index < -0.39 is 0 Å². The van der Waals surface area contributed by atoms with Crippen LogP contribution < -0.4 is 5.32 Å². The molecule has 2 rings (SSSR count). The van der Waals surface area contributed by atoms with Crippen molar-refractivity contribution in [1.82, 2.24) is 10.2 Å². The maximum atomic E-state index is 5.79. The van der Waals surface area contributed by atoms with Gasteiger partial charge in [-0.2, -0.15) is 0 Å². The Bertz CT molecular complexity index is 395. The number of nitrogens with one attached hydrogen (secondary N) is 1. The van der Waals surface area contributed by atoms with Crippen LogP contribution in [0.1, 0.15) is 37.4 Å². The van der Waals surface area contributed by atoms with Crippen molar-refractivity contribution in [3.05, 3.63) is 21.9 Å². The first-order chi connectivity index (χ1) is 9.52. The second kappa shape index (κ2) is 7.55. The molecule has 0 saturated carbocycles. The standard InChI is InChI=1S/C16H28N2OS/c1-12(2)7-17-8-15-5-6-16(20-15)11-18-9-13(3)19-14(4)10-18/h5-6,12-14,17H,7-11H2,1-4H3. The fraction of sp³-hybridized carbons (Fsp3) is 0.750. The van der Waals surface area contributed by atoms with Crippen molar-refractivity contribution in [2.24, 2.45) is 5.92 Å². The highest BCUT2D eigenvalue weighted by Gasteiger charge is 2.22. The molecule has 0 bridgehead atoms. The Balaban J connectivity index is 1.80. The summed E-state index contributed by atoms with van der Waals surface area (Å²) in [5.74, 6) is 0.714. The van der Waals surface area contributed by atoms with Gasteiger partial charge in [0.1, 0.15) is 0 Å². The van der Waals surface area contributed by atoms with Crippen LogP contribution in [0.5, 0.6) is 0 Å². The molecule has 0 radical (unpaired) electrons. The van der Waals surface area contributed by atoms with Crippen LogP contribution in [0, 0.1) is 5.92 Å². The summed E-state index contributed by atoms with van der Waals surface area (Å²) in [5, 5.41) is 3.51. The van der Waals surface area contributed by atoms with Gasteiger partial charge in [0, 0.05) is 35.9 Å². The van der Waals surface area contributed by atoms with Crippen LogP contribution in [0.3, 0.4) is 0 Å². The summed E-state index contributed by atoms with van der Waals surface area (Å²) >= 11 is 1.94. The van der Waals surface area contributed by atoms with Gasteiger partial charge < -0.3 is 10.1 Å². The molecular weight excluding hydrogens is 268 g/mol. The zero-order chi connectivity index (χ0) is 14.5. The van der Waals surface area contributed by atoms with Gasteiger partial charge in [0.15, 0.2) is 0 Å². The maximum absolute atomic E-state index is 5.79. The lowest BCUT2D eigenvalue weighted by Gasteiger charge is -2.34. The van der Waals surface area contributed by atoms with Gasteiger partial charge in [-0.1, -0.05) is 13.8 Å². The van der Waals surface area contributed by atoms with E-state index in [1.165, 1.54) is 9.75 Å². The lowest BCUT2D eigenvalue weighted by Crippen LogP contribution is -2.44. The van der Waals surface area contributed by atoms with E-state index in [9.17, 15) is 0 Å². The Morgan fingerprint density at radius 3 is 2.55 bits per heavy atom. The molecule has 3 nitrogen and oxygen atoms in total. The average Bonchev–Trinajstić information content (AvgIpc) is 2.74. The number of hydrogen-bond donors (Lipinski definition) is 1. The summed E-state index contributed by atoms with van der Waals surface area (Å²) in [5.41, 5.74) is 0. The van der Waals surface area contributed by atoms with Crippen LogP contribution >= 0.6 is 11.3 Å². The quantitative estimate of drug-likeness (QED) is 0.873. The van der Waals surface area contributed by atoms with Gasteiger partial charge in [-0.25, -0.2) is 0 Å². The number of rotatable bonds is 6. The van der Waals surface area contributed by atoms with E-state index in [0.29, 0.717) is 18.1 Å². The molecule has 1 aromatic heterocycles. The van der Waals surface area contributed by atoms with E-state index in [1.807, 2.05) is 11.3 Å². The fourth-order valence-corrected chi connectivity index (χ4v) is 3.75. The second-order valence-corrected chi connectivity index (χ2v) is 7.60. The Labute approximate surface area is 127 Å². The van der Waals surface area contributed by atoms with Gasteiger partial charge in [-0.3, -0.25) is 4.90 Å². The molecule has 2 heterocycles. The van der Waals surface area contributed by atoms with Crippen molar-refractivity contribution in [3.8, 4) is 0 Å². The number of morpholine rings is 1. The zero-order valence-corrected chi connectivity index (χ0v) is 14.0. The monoisotopic (exact) mass is 296 g/mol. The summed E-state index contributed by atoms with van der Waals surface area (Å²) in [4.78, 5) is 5.42. The third kappa shape index (κ3) is 5.17. The molecule has 1 aliphatic rings. The van der Waals surface area contributed by atoms with Gasteiger partial charge in [-0.15, -0.1) is 11.3 Å². The van der Waals surface area contributed by atoms with E-state index in [-0.39, 0.29) is 0 Å². The molecule has 0 aliphatic carbocycles. The Hall–Kier alpha value is -0.420. The van der Waals surface area contributed by atoms with Crippen LogP contribution in [-0.4, -0.2) is 36.7 Å². The Morgan fingerprint density at radius 1 is 1.25 bits per heavy atom. The first-order valence-corrected chi connectivity index (χ1v) is 8.50. The Morgan fingerprint density at radius 2 is 1.90 bits per heavy atom. The van der Waals surface area contributed by atoms with Crippen molar-refractivity contribution < 1.29 is 4.74 Å². The predicted octanol–water partition coefficient (Wildman–Crippen LogP) is 3.10. The minimum absolute atomic E-state index is 0.353. The fourth-order valence-electron chi connectivity index (χ4n) is 2.72. The first kappa shape index (κ1) is 16.0. The summed E-state index contributed by atoms with van der Waals surface area (Å²) in [6.07, 6.45) is 0.705. The molecule has 2 atom stereocenters. The van der Waals surface area contributed by atoms with Crippen molar-refractivity contribution in [1.29, 1.82) is 0 Å². The third-order valence-electron chi connectivity index (χ3n) is 3.44. The normalized spacial score (nSPS) is 24.4. The number of nitrogens with zero attached hydrogens (tertiary/aromatic N) is 1. The molecule has 1 saturated heterocycles. The molecule has 0 amide bonds. The van der Waals surface area contributed by atoms with E-state index in [2.05, 4.69) is 50.0 Å². The molecule has 114 valence electrons. The van der Waals surface area contributed by atoms with Crippen molar-refractivity contribution in [2.45, 2.75) is 53.0 Å². The highest BCUT2D eigenvalue weighted by atomic mass is 32.1. The van der Waals surface area contributed by atoms with Gasteiger partial charge in [0.05, 0.1) is 12.2 Å². The number of ether oxygens (including phenoxy) is 1. The lowest BCUT2D eigenvalue weighted by atomic mass is 10.2. The van der Waals surface area contributed by atoms with Crippen LogP contribution in [0.15, 0.2) is 12.1 Å². The van der Waals surface area contributed by atoms with Crippen LogP contribution in [0.2, 0.25) is 0 Å². The minimum atomic E-state index is 0.353. The SMILES string of the molecule is CC(C)CNCc1ccc(CN2CC(C)OC(C)C2)s1. The summed E-state index contributed by atoms with van der Waals surface area (Å²) in [6, 6.07) is 4.54. The van der Waals surface area contributed by atoms with Crippen molar-refractivity contribution in [2.75, 3.05) is 19.6 Å². The maximum Gasteiger partial charge on any atom is 0.0678 e.